The van der Waals surface area contributed by atoms with E-state index in [4.69, 9.17) is 9.47 Å². The maximum absolute atomic E-state index is 13.6. The van der Waals surface area contributed by atoms with Crippen molar-refractivity contribution in [2.75, 3.05) is 44.8 Å². The lowest BCUT2D eigenvalue weighted by molar-refractivity contribution is -0.118. The summed E-state index contributed by atoms with van der Waals surface area (Å²) in [5.74, 6) is 0.736. The first kappa shape index (κ1) is 23.4. The number of piperidine rings is 1. The molecule has 0 radical (unpaired) electrons. The molecule has 1 unspecified atom stereocenters. The van der Waals surface area contributed by atoms with Crippen LogP contribution in [0.1, 0.15) is 37.2 Å². The Morgan fingerprint density at radius 1 is 1.03 bits per heavy atom. The Morgan fingerprint density at radius 3 is 2.58 bits per heavy atom. The Kier molecular flexibility index (Phi) is 8.15. The molecule has 7 heteroatoms. The minimum absolute atomic E-state index is 0. The summed E-state index contributed by atoms with van der Waals surface area (Å²) in [4.78, 5) is 17.1. The van der Waals surface area contributed by atoms with E-state index < -0.39 is 0 Å². The summed E-state index contributed by atoms with van der Waals surface area (Å²) in [5.41, 5.74) is 1.52. The number of halogens is 2. The van der Waals surface area contributed by atoms with Gasteiger partial charge in [-0.15, -0.1) is 12.4 Å². The highest BCUT2D eigenvalue weighted by Crippen LogP contribution is 2.37. The Hall–Kier alpha value is -2.31. The summed E-state index contributed by atoms with van der Waals surface area (Å²) in [6.07, 6.45) is 4.51. The second-order valence-corrected chi connectivity index (χ2v) is 7.97. The van der Waals surface area contributed by atoms with Crippen molar-refractivity contribution in [3.63, 3.8) is 0 Å². The number of hydrogen-bond acceptors (Lipinski definition) is 4. The smallest absolute Gasteiger partial charge is 0.234 e. The van der Waals surface area contributed by atoms with Crippen LogP contribution >= 0.6 is 12.4 Å². The number of nitrogens with zero attached hydrogens (tertiary/aromatic N) is 2. The van der Waals surface area contributed by atoms with Gasteiger partial charge in [-0.1, -0.05) is 18.6 Å². The van der Waals surface area contributed by atoms with Crippen LogP contribution in [-0.2, 0) is 4.79 Å². The van der Waals surface area contributed by atoms with Gasteiger partial charge in [0.1, 0.15) is 12.4 Å². The molecule has 2 aromatic rings. The maximum Gasteiger partial charge on any atom is 0.234 e. The lowest BCUT2D eigenvalue weighted by Gasteiger charge is -2.26. The summed E-state index contributed by atoms with van der Waals surface area (Å²) in [5, 5.41) is 0. The molecule has 4 rings (SSSR count). The van der Waals surface area contributed by atoms with E-state index in [0.717, 1.165) is 25.2 Å². The molecule has 2 saturated heterocycles. The van der Waals surface area contributed by atoms with Gasteiger partial charge in [0.25, 0.3) is 0 Å². The Bertz CT molecular complexity index is 889. The van der Waals surface area contributed by atoms with Gasteiger partial charge in [-0.2, -0.15) is 0 Å². The molecule has 5 nitrogen and oxygen atoms in total. The number of benzene rings is 2. The number of anilines is 1. The molecule has 2 aliphatic rings. The van der Waals surface area contributed by atoms with E-state index >= 15 is 0 Å². The highest BCUT2D eigenvalue weighted by atomic mass is 35.5. The molecule has 1 atom stereocenters. The molecule has 0 spiro atoms. The van der Waals surface area contributed by atoms with Gasteiger partial charge in [-0.05, 0) is 68.2 Å². The van der Waals surface area contributed by atoms with Gasteiger partial charge in [0, 0.05) is 18.8 Å². The Labute approximate surface area is 189 Å². The van der Waals surface area contributed by atoms with Crippen LogP contribution < -0.4 is 14.4 Å². The van der Waals surface area contributed by atoms with Gasteiger partial charge in [-0.3, -0.25) is 9.69 Å². The highest BCUT2D eigenvalue weighted by Gasteiger charge is 2.34. The highest BCUT2D eigenvalue weighted by molar-refractivity contribution is 6.00. The zero-order valence-corrected chi connectivity index (χ0v) is 18.7. The summed E-state index contributed by atoms with van der Waals surface area (Å²) >= 11 is 0. The largest absolute Gasteiger partial charge is 0.493 e. The number of carbonyl (C=O) groups is 1. The predicted molar refractivity (Wildman–Crippen MR) is 122 cm³/mol. The third kappa shape index (κ3) is 5.49. The van der Waals surface area contributed by atoms with Gasteiger partial charge >= 0.3 is 0 Å². The fourth-order valence-corrected chi connectivity index (χ4v) is 4.38. The van der Waals surface area contributed by atoms with E-state index in [1.54, 1.807) is 24.1 Å². The molecule has 2 heterocycles. The van der Waals surface area contributed by atoms with Crippen molar-refractivity contribution in [3.8, 4) is 11.5 Å². The molecule has 0 aromatic heterocycles. The fourth-order valence-electron chi connectivity index (χ4n) is 4.38. The number of ether oxygens (including phenoxy) is 2. The van der Waals surface area contributed by atoms with Crippen LogP contribution in [0.25, 0.3) is 0 Å². The lowest BCUT2D eigenvalue weighted by atomic mass is 9.97. The summed E-state index contributed by atoms with van der Waals surface area (Å²) in [7, 11) is 1.62. The summed E-state index contributed by atoms with van der Waals surface area (Å²) in [6, 6.07) is 11.9. The standard InChI is InChI=1S/C24H29FN2O3.ClH/c1-29-22-9-8-18(16-23(22)30-15-14-26-11-3-2-4-12-26)21-10-13-27(24(21)28)20-7-5-6-19(25)17-20;/h5-9,16-17,21H,2-4,10-15H2,1H3;1H. The van der Waals surface area contributed by atoms with E-state index in [1.165, 1.54) is 31.4 Å². The van der Waals surface area contributed by atoms with Crippen molar-refractivity contribution in [1.29, 1.82) is 0 Å². The third-order valence-electron chi connectivity index (χ3n) is 6.03. The zero-order valence-electron chi connectivity index (χ0n) is 17.9. The monoisotopic (exact) mass is 448 g/mol. The van der Waals surface area contributed by atoms with Crippen molar-refractivity contribution < 1.29 is 18.7 Å². The van der Waals surface area contributed by atoms with Crippen LogP contribution in [0, 0.1) is 5.82 Å². The SMILES string of the molecule is COc1ccc(C2CCN(c3cccc(F)c3)C2=O)cc1OCCN1CCCCC1.Cl. The Balaban J connectivity index is 0.00000272. The summed E-state index contributed by atoms with van der Waals surface area (Å²) < 4.78 is 25.1. The van der Waals surface area contributed by atoms with Crippen LogP contribution in [0.3, 0.4) is 0 Å². The van der Waals surface area contributed by atoms with Crippen LogP contribution in [-0.4, -0.2) is 50.7 Å². The number of hydrogen-bond donors (Lipinski definition) is 0. The number of methoxy groups -OCH3 is 1. The lowest BCUT2D eigenvalue weighted by Crippen LogP contribution is -2.33. The molecule has 2 fully saturated rings. The topological polar surface area (TPSA) is 42.0 Å². The maximum atomic E-state index is 13.6. The average Bonchev–Trinajstić information content (AvgIpc) is 3.16. The van der Waals surface area contributed by atoms with Gasteiger partial charge < -0.3 is 14.4 Å². The first-order chi connectivity index (χ1) is 14.7. The van der Waals surface area contributed by atoms with E-state index in [2.05, 4.69) is 4.90 Å². The van der Waals surface area contributed by atoms with Crippen LogP contribution in [0.4, 0.5) is 10.1 Å². The van der Waals surface area contributed by atoms with Gasteiger partial charge in [0.05, 0.1) is 13.0 Å². The van der Waals surface area contributed by atoms with Gasteiger partial charge in [-0.25, -0.2) is 4.39 Å². The van der Waals surface area contributed by atoms with E-state index in [9.17, 15) is 9.18 Å². The molecule has 0 saturated carbocycles. The van der Waals surface area contributed by atoms with Crippen LogP contribution in [0.2, 0.25) is 0 Å². The molecule has 31 heavy (non-hydrogen) atoms. The normalized spacial score (nSPS) is 19.2. The van der Waals surface area contributed by atoms with E-state index in [-0.39, 0.29) is 30.0 Å². The van der Waals surface area contributed by atoms with Crippen molar-refractivity contribution >= 4 is 24.0 Å². The van der Waals surface area contributed by atoms with Crippen molar-refractivity contribution in [2.45, 2.75) is 31.6 Å². The quantitative estimate of drug-likeness (QED) is 0.618. The fraction of sp³-hybridized carbons (Fsp3) is 0.458. The molecule has 168 valence electrons. The predicted octanol–water partition coefficient (Wildman–Crippen LogP) is 4.64. The van der Waals surface area contributed by atoms with Crippen molar-refractivity contribution in [1.82, 2.24) is 4.90 Å². The number of rotatable bonds is 7. The molecule has 0 aliphatic carbocycles. The summed E-state index contributed by atoms with van der Waals surface area (Å²) in [6.45, 7) is 4.32. The number of likely N-dealkylation sites (tertiary alicyclic amines) is 1. The first-order valence-corrected chi connectivity index (χ1v) is 10.8. The van der Waals surface area contributed by atoms with Crippen molar-refractivity contribution in [3.05, 3.63) is 53.8 Å². The zero-order chi connectivity index (χ0) is 20.9. The van der Waals surface area contributed by atoms with Gasteiger partial charge in [0.2, 0.25) is 5.91 Å². The molecule has 2 aliphatic heterocycles. The Morgan fingerprint density at radius 2 is 1.84 bits per heavy atom. The molecule has 1 amide bonds. The third-order valence-corrected chi connectivity index (χ3v) is 6.03. The molecule has 0 bridgehead atoms. The minimum atomic E-state index is -0.336. The van der Waals surface area contributed by atoms with Gasteiger partial charge in [0.15, 0.2) is 11.5 Å². The van der Waals surface area contributed by atoms with Crippen LogP contribution in [0.15, 0.2) is 42.5 Å². The average molecular weight is 449 g/mol. The van der Waals surface area contributed by atoms with Crippen LogP contribution in [0.5, 0.6) is 11.5 Å². The second kappa shape index (κ2) is 10.8. The second-order valence-electron chi connectivity index (χ2n) is 7.97. The minimum Gasteiger partial charge on any atom is -0.493 e. The number of amides is 1. The first-order valence-electron chi connectivity index (χ1n) is 10.8. The molecule has 2 aromatic carbocycles. The molecule has 0 N–H and O–H groups in total. The molecular weight excluding hydrogens is 419 g/mol. The van der Waals surface area contributed by atoms with Crippen molar-refractivity contribution in [2.24, 2.45) is 0 Å². The van der Waals surface area contributed by atoms with E-state index in [0.29, 0.717) is 36.8 Å². The number of carbonyl (C=O) groups excluding carboxylic acids is 1. The van der Waals surface area contributed by atoms with E-state index in [1.807, 2.05) is 18.2 Å². The molecular formula is C24H30ClFN2O3.